The summed E-state index contributed by atoms with van der Waals surface area (Å²) < 4.78 is 33.5. The van der Waals surface area contributed by atoms with Crippen LogP contribution in [0, 0.1) is 18.6 Å². The fourth-order valence-electron chi connectivity index (χ4n) is 3.47. The van der Waals surface area contributed by atoms with E-state index in [1.807, 2.05) is 0 Å². The molecule has 2 aromatic carbocycles. The number of benzene rings is 2. The molecule has 2 N–H and O–H groups in total. The molecule has 2 heterocycles. The van der Waals surface area contributed by atoms with Crippen LogP contribution in [0.2, 0.25) is 0 Å². The number of hydrogen-bond donors (Lipinski definition) is 2. The van der Waals surface area contributed by atoms with Crippen molar-refractivity contribution in [2.24, 2.45) is 0 Å². The number of rotatable bonds is 5. The number of pyridine rings is 1. The van der Waals surface area contributed by atoms with Gasteiger partial charge in [-0.25, -0.2) is 13.6 Å². The maximum Gasteiger partial charge on any atom is 0.322 e. The lowest BCUT2D eigenvalue weighted by molar-refractivity contribution is -0.124. The molecule has 3 aromatic rings. The Labute approximate surface area is 175 Å². The average molecular weight is 425 g/mol. The third-order valence-electron chi connectivity index (χ3n) is 4.98. The van der Waals surface area contributed by atoms with Crippen LogP contribution < -0.4 is 20.9 Å². The highest BCUT2D eigenvalue weighted by molar-refractivity contribution is 6.07. The van der Waals surface area contributed by atoms with Crippen molar-refractivity contribution < 1.29 is 23.1 Å². The van der Waals surface area contributed by atoms with E-state index in [0.717, 1.165) is 18.2 Å². The van der Waals surface area contributed by atoms with E-state index in [0.29, 0.717) is 11.1 Å². The van der Waals surface area contributed by atoms with Crippen LogP contribution in [0.1, 0.15) is 11.1 Å². The fourth-order valence-corrected chi connectivity index (χ4v) is 3.47. The van der Waals surface area contributed by atoms with Gasteiger partial charge in [0.2, 0.25) is 0 Å². The van der Waals surface area contributed by atoms with Gasteiger partial charge >= 0.3 is 6.03 Å². The molecule has 0 radical (unpaired) electrons. The van der Waals surface area contributed by atoms with Crippen LogP contribution >= 0.6 is 0 Å². The number of aryl methyl sites for hydroxylation is 1. The number of halogens is 2. The van der Waals surface area contributed by atoms with Gasteiger partial charge in [0.05, 0.1) is 6.54 Å². The lowest BCUT2D eigenvalue weighted by Gasteiger charge is -2.27. The predicted octanol–water partition coefficient (Wildman–Crippen LogP) is 2.96. The number of imide groups is 1. The van der Waals surface area contributed by atoms with Crippen molar-refractivity contribution in [2.75, 3.05) is 0 Å². The number of urea groups is 1. The van der Waals surface area contributed by atoms with Gasteiger partial charge in [-0.3, -0.25) is 14.9 Å². The standard InChI is InChI=1S/C22H17F2N3O4/c1-13-3-2-8-27(19(13)28)12-22(20(29)25-21(30)26-22)14-4-6-17(7-5-14)31-18-10-15(23)9-16(24)11-18/h2-11H,12H2,1H3,(H2,25,26,29,30). The minimum absolute atomic E-state index is 0.0295. The summed E-state index contributed by atoms with van der Waals surface area (Å²) in [4.78, 5) is 37.1. The zero-order chi connectivity index (χ0) is 22.2. The summed E-state index contributed by atoms with van der Waals surface area (Å²) in [5.74, 6) is -1.93. The highest BCUT2D eigenvalue weighted by Gasteiger charge is 2.48. The SMILES string of the molecule is Cc1cccn(CC2(c3ccc(Oc4cc(F)cc(F)c4)cc3)NC(=O)NC2=O)c1=O. The molecule has 0 aliphatic carbocycles. The van der Waals surface area contributed by atoms with Crippen LogP contribution in [-0.2, 0) is 16.9 Å². The molecule has 4 rings (SSSR count). The van der Waals surface area contributed by atoms with E-state index in [9.17, 15) is 23.2 Å². The summed E-state index contributed by atoms with van der Waals surface area (Å²) in [6, 6.07) is 11.5. The van der Waals surface area contributed by atoms with Gasteiger partial charge in [-0.05, 0) is 30.7 Å². The molecular formula is C22H17F2N3O4. The van der Waals surface area contributed by atoms with Gasteiger partial charge in [0.15, 0.2) is 5.54 Å². The Bertz CT molecular complexity index is 1220. The van der Waals surface area contributed by atoms with E-state index in [4.69, 9.17) is 4.74 Å². The molecule has 0 spiro atoms. The number of carbonyl (C=O) groups excluding carboxylic acids is 2. The Hall–Kier alpha value is -4.01. The molecule has 31 heavy (non-hydrogen) atoms. The number of carbonyl (C=O) groups is 2. The van der Waals surface area contributed by atoms with Gasteiger partial charge in [-0.1, -0.05) is 18.2 Å². The maximum absolute atomic E-state index is 13.4. The van der Waals surface area contributed by atoms with Crippen LogP contribution in [0.4, 0.5) is 13.6 Å². The number of ether oxygens (including phenoxy) is 1. The molecule has 1 aliphatic heterocycles. The van der Waals surface area contributed by atoms with Crippen molar-refractivity contribution in [3.05, 3.63) is 93.9 Å². The summed E-state index contributed by atoms with van der Waals surface area (Å²) in [5.41, 5.74) is -0.905. The average Bonchev–Trinajstić information content (AvgIpc) is 2.99. The lowest BCUT2D eigenvalue weighted by atomic mass is 9.89. The third kappa shape index (κ3) is 3.89. The van der Waals surface area contributed by atoms with E-state index in [-0.39, 0.29) is 23.6 Å². The third-order valence-corrected chi connectivity index (χ3v) is 4.98. The first kappa shape index (κ1) is 20.3. The molecule has 7 nitrogen and oxygen atoms in total. The van der Waals surface area contributed by atoms with Gasteiger partial charge in [0.1, 0.15) is 23.1 Å². The van der Waals surface area contributed by atoms with Crippen LogP contribution in [0.3, 0.4) is 0 Å². The number of amides is 3. The molecule has 158 valence electrons. The molecule has 1 aliphatic rings. The highest BCUT2D eigenvalue weighted by Crippen LogP contribution is 2.30. The lowest BCUT2D eigenvalue weighted by Crippen LogP contribution is -2.49. The smallest absolute Gasteiger partial charge is 0.322 e. The molecular weight excluding hydrogens is 408 g/mol. The Morgan fingerprint density at radius 1 is 0.968 bits per heavy atom. The second-order valence-corrected chi connectivity index (χ2v) is 7.17. The van der Waals surface area contributed by atoms with E-state index in [1.54, 1.807) is 19.1 Å². The van der Waals surface area contributed by atoms with Gasteiger partial charge in [0.25, 0.3) is 11.5 Å². The Morgan fingerprint density at radius 3 is 2.26 bits per heavy atom. The molecule has 1 atom stereocenters. The number of nitrogens with zero attached hydrogens (tertiary/aromatic N) is 1. The van der Waals surface area contributed by atoms with Gasteiger partial charge in [-0.2, -0.15) is 0 Å². The number of nitrogens with one attached hydrogen (secondary N) is 2. The van der Waals surface area contributed by atoms with E-state index < -0.39 is 29.1 Å². The summed E-state index contributed by atoms with van der Waals surface area (Å²) >= 11 is 0. The minimum Gasteiger partial charge on any atom is -0.457 e. The number of aromatic nitrogens is 1. The first-order valence-corrected chi connectivity index (χ1v) is 9.31. The molecule has 1 unspecified atom stereocenters. The summed E-state index contributed by atoms with van der Waals surface area (Å²) in [6.07, 6.45) is 1.53. The van der Waals surface area contributed by atoms with Gasteiger partial charge in [0, 0.05) is 30.0 Å². The van der Waals surface area contributed by atoms with Crippen LogP contribution in [0.5, 0.6) is 11.5 Å². The monoisotopic (exact) mass is 425 g/mol. The van der Waals surface area contributed by atoms with E-state index in [1.165, 1.54) is 35.0 Å². The van der Waals surface area contributed by atoms with Crippen molar-refractivity contribution in [1.29, 1.82) is 0 Å². The molecule has 3 amide bonds. The summed E-state index contributed by atoms with van der Waals surface area (Å²) in [7, 11) is 0. The first-order chi connectivity index (χ1) is 14.8. The molecule has 0 saturated carbocycles. The Morgan fingerprint density at radius 2 is 1.65 bits per heavy atom. The van der Waals surface area contributed by atoms with Gasteiger partial charge in [-0.15, -0.1) is 0 Å². The number of hydrogen-bond acceptors (Lipinski definition) is 4. The topological polar surface area (TPSA) is 89.4 Å². The summed E-state index contributed by atoms with van der Waals surface area (Å²) in [5, 5.41) is 4.82. The largest absolute Gasteiger partial charge is 0.457 e. The van der Waals surface area contributed by atoms with Gasteiger partial charge < -0.3 is 14.6 Å². The molecule has 1 saturated heterocycles. The normalized spacial score (nSPS) is 17.9. The Kier molecular flexibility index (Phi) is 5.02. The second kappa shape index (κ2) is 7.67. The molecule has 1 fully saturated rings. The zero-order valence-corrected chi connectivity index (χ0v) is 16.3. The first-order valence-electron chi connectivity index (χ1n) is 9.31. The highest BCUT2D eigenvalue weighted by atomic mass is 19.1. The predicted molar refractivity (Wildman–Crippen MR) is 107 cm³/mol. The molecule has 0 bridgehead atoms. The zero-order valence-electron chi connectivity index (χ0n) is 16.3. The summed E-state index contributed by atoms with van der Waals surface area (Å²) in [6.45, 7) is 1.53. The van der Waals surface area contributed by atoms with E-state index in [2.05, 4.69) is 10.6 Å². The van der Waals surface area contributed by atoms with Crippen molar-refractivity contribution in [3.8, 4) is 11.5 Å². The van der Waals surface area contributed by atoms with Crippen molar-refractivity contribution in [2.45, 2.75) is 19.0 Å². The second-order valence-electron chi connectivity index (χ2n) is 7.17. The quantitative estimate of drug-likeness (QED) is 0.615. The van der Waals surface area contributed by atoms with Crippen LogP contribution in [0.15, 0.2) is 65.6 Å². The Balaban J connectivity index is 1.68. The van der Waals surface area contributed by atoms with Crippen molar-refractivity contribution in [1.82, 2.24) is 15.2 Å². The molecule has 9 heteroatoms. The van der Waals surface area contributed by atoms with Crippen molar-refractivity contribution in [3.63, 3.8) is 0 Å². The maximum atomic E-state index is 13.4. The van der Waals surface area contributed by atoms with Crippen LogP contribution in [-0.4, -0.2) is 16.5 Å². The molecule has 1 aromatic heterocycles. The van der Waals surface area contributed by atoms with Crippen molar-refractivity contribution >= 4 is 11.9 Å². The van der Waals surface area contributed by atoms with E-state index >= 15 is 0 Å². The minimum atomic E-state index is -1.52. The van der Waals surface area contributed by atoms with Crippen LogP contribution in [0.25, 0.3) is 0 Å². The fraction of sp³-hybridized carbons (Fsp3) is 0.136.